The Labute approximate surface area is 113 Å². The molecule has 0 amide bonds. The SMILES string of the molecule is CC(C)CN(CC1CC(C)(C)CCC1N)C1CC1. The maximum atomic E-state index is 6.37. The Morgan fingerprint density at radius 2 is 1.89 bits per heavy atom. The lowest BCUT2D eigenvalue weighted by molar-refractivity contribution is 0.105. The van der Waals surface area contributed by atoms with Crippen LogP contribution in [0.1, 0.15) is 59.8 Å². The van der Waals surface area contributed by atoms with Gasteiger partial charge in [0.05, 0.1) is 0 Å². The van der Waals surface area contributed by atoms with Gasteiger partial charge in [-0.3, -0.25) is 4.90 Å². The van der Waals surface area contributed by atoms with Crippen LogP contribution in [0.5, 0.6) is 0 Å². The van der Waals surface area contributed by atoms with Crippen molar-refractivity contribution in [2.24, 2.45) is 23.0 Å². The maximum absolute atomic E-state index is 6.37. The van der Waals surface area contributed by atoms with Gasteiger partial charge in [0.25, 0.3) is 0 Å². The molecule has 2 saturated carbocycles. The summed E-state index contributed by atoms with van der Waals surface area (Å²) in [5, 5.41) is 0. The molecule has 2 heteroatoms. The van der Waals surface area contributed by atoms with Crippen molar-refractivity contribution in [1.29, 1.82) is 0 Å². The zero-order chi connectivity index (χ0) is 13.3. The molecule has 2 fully saturated rings. The first-order chi connectivity index (χ1) is 8.37. The highest BCUT2D eigenvalue weighted by molar-refractivity contribution is 4.92. The van der Waals surface area contributed by atoms with Gasteiger partial charge in [0, 0.05) is 25.2 Å². The molecule has 18 heavy (non-hydrogen) atoms. The molecule has 0 radical (unpaired) electrons. The quantitative estimate of drug-likeness (QED) is 0.814. The molecule has 0 spiro atoms. The van der Waals surface area contributed by atoms with Crippen LogP contribution in [0.15, 0.2) is 0 Å². The molecular formula is C16H32N2. The molecular weight excluding hydrogens is 220 g/mol. The largest absolute Gasteiger partial charge is 0.327 e. The van der Waals surface area contributed by atoms with Crippen LogP contribution in [0.2, 0.25) is 0 Å². The molecule has 0 aliphatic heterocycles. The molecule has 0 heterocycles. The van der Waals surface area contributed by atoms with Crippen LogP contribution in [0, 0.1) is 17.3 Å². The van der Waals surface area contributed by atoms with Crippen molar-refractivity contribution in [2.75, 3.05) is 13.1 Å². The second-order valence-corrected chi connectivity index (χ2v) is 7.91. The van der Waals surface area contributed by atoms with E-state index in [1.165, 1.54) is 45.2 Å². The summed E-state index contributed by atoms with van der Waals surface area (Å²) in [4.78, 5) is 2.73. The van der Waals surface area contributed by atoms with E-state index in [2.05, 4.69) is 32.6 Å². The van der Waals surface area contributed by atoms with Gasteiger partial charge in [0.2, 0.25) is 0 Å². The van der Waals surface area contributed by atoms with Crippen LogP contribution in [0.4, 0.5) is 0 Å². The minimum absolute atomic E-state index is 0.437. The van der Waals surface area contributed by atoms with E-state index < -0.39 is 0 Å². The highest BCUT2D eigenvalue weighted by Crippen LogP contribution is 2.39. The Kier molecular flexibility index (Phi) is 4.38. The average molecular weight is 252 g/mol. The minimum Gasteiger partial charge on any atom is -0.327 e. The van der Waals surface area contributed by atoms with Gasteiger partial charge in [-0.2, -0.15) is 0 Å². The number of rotatable bonds is 5. The molecule has 2 aliphatic carbocycles. The van der Waals surface area contributed by atoms with Crippen molar-refractivity contribution >= 4 is 0 Å². The third kappa shape index (κ3) is 3.96. The average Bonchev–Trinajstić information content (AvgIpc) is 3.05. The first-order valence-corrected chi connectivity index (χ1v) is 7.87. The predicted octanol–water partition coefficient (Wildman–Crippen LogP) is 3.26. The standard InChI is InChI=1S/C16H32N2/c1-12(2)10-18(14-5-6-14)11-13-9-16(3,4)8-7-15(13)17/h12-15H,5-11,17H2,1-4H3. The molecule has 2 aliphatic rings. The summed E-state index contributed by atoms with van der Waals surface area (Å²) >= 11 is 0. The summed E-state index contributed by atoms with van der Waals surface area (Å²) in [6.07, 6.45) is 6.67. The summed E-state index contributed by atoms with van der Waals surface area (Å²) in [5.74, 6) is 1.49. The predicted molar refractivity (Wildman–Crippen MR) is 78.5 cm³/mol. The van der Waals surface area contributed by atoms with E-state index in [9.17, 15) is 0 Å². The number of nitrogens with zero attached hydrogens (tertiary/aromatic N) is 1. The van der Waals surface area contributed by atoms with Gasteiger partial charge in [-0.25, -0.2) is 0 Å². The molecule has 0 saturated heterocycles. The van der Waals surface area contributed by atoms with E-state index in [-0.39, 0.29) is 0 Å². The summed E-state index contributed by atoms with van der Waals surface area (Å²) < 4.78 is 0. The fraction of sp³-hybridized carbons (Fsp3) is 1.00. The lowest BCUT2D eigenvalue weighted by Crippen LogP contribution is -2.46. The minimum atomic E-state index is 0.437. The summed E-state index contributed by atoms with van der Waals surface area (Å²) in [6.45, 7) is 12.0. The first-order valence-electron chi connectivity index (χ1n) is 7.87. The van der Waals surface area contributed by atoms with Crippen LogP contribution in [-0.2, 0) is 0 Å². The lowest BCUT2D eigenvalue weighted by Gasteiger charge is -2.41. The van der Waals surface area contributed by atoms with Gasteiger partial charge in [-0.1, -0.05) is 27.7 Å². The lowest BCUT2D eigenvalue weighted by atomic mass is 9.70. The fourth-order valence-corrected chi connectivity index (χ4v) is 3.54. The second-order valence-electron chi connectivity index (χ2n) is 7.91. The highest BCUT2D eigenvalue weighted by atomic mass is 15.2. The van der Waals surface area contributed by atoms with Crippen molar-refractivity contribution in [3.63, 3.8) is 0 Å². The molecule has 0 bridgehead atoms. The number of nitrogens with two attached hydrogens (primary N) is 1. The molecule has 2 atom stereocenters. The third-order valence-electron chi connectivity index (χ3n) is 4.71. The Morgan fingerprint density at radius 3 is 2.44 bits per heavy atom. The highest BCUT2D eigenvalue weighted by Gasteiger charge is 2.37. The van der Waals surface area contributed by atoms with Gasteiger partial charge in [0.15, 0.2) is 0 Å². The molecule has 2 nitrogen and oxygen atoms in total. The Morgan fingerprint density at radius 1 is 1.22 bits per heavy atom. The number of hydrogen-bond donors (Lipinski definition) is 1. The van der Waals surface area contributed by atoms with E-state index in [4.69, 9.17) is 5.73 Å². The van der Waals surface area contributed by atoms with Crippen LogP contribution in [0.3, 0.4) is 0 Å². The van der Waals surface area contributed by atoms with Gasteiger partial charge >= 0.3 is 0 Å². The van der Waals surface area contributed by atoms with E-state index in [1.807, 2.05) is 0 Å². The van der Waals surface area contributed by atoms with Crippen molar-refractivity contribution in [3.05, 3.63) is 0 Å². The van der Waals surface area contributed by atoms with Crippen LogP contribution in [0.25, 0.3) is 0 Å². The zero-order valence-corrected chi connectivity index (χ0v) is 12.8. The Bertz CT molecular complexity index is 268. The van der Waals surface area contributed by atoms with Crippen molar-refractivity contribution < 1.29 is 0 Å². The topological polar surface area (TPSA) is 29.3 Å². The van der Waals surface area contributed by atoms with Gasteiger partial charge in [0.1, 0.15) is 0 Å². The molecule has 0 aromatic carbocycles. The summed E-state index contributed by atoms with van der Waals surface area (Å²) in [5.41, 5.74) is 6.88. The van der Waals surface area contributed by atoms with Crippen molar-refractivity contribution in [3.8, 4) is 0 Å². The van der Waals surface area contributed by atoms with Crippen molar-refractivity contribution in [2.45, 2.75) is 71.9 Å². The normalized spacial score (nSPS) is 32.2. The fourth-order valence-electron chi connectivity index (χ4n) is 3.54. The Hall–Kier alpha value is -0.0800. The number of hydrogen-bond acceptors (Lipinski definition) is 2. The van der Waals surface area contributed by atoms with Crippen molar-refractivity contribution in [1.82, 2.24) is 4.90 Å². The molecule has 0 aromatic heterocycles. The Balaban J connectivity index is 1.92. The van der Waals surface area contributed by atoms with Gasteiger partial charge in [-0.05, 0) is 49.4 Å². The monoisotopic (exact) mass is 252 g/mol. The molecule has 2 N–H and O–H groups in total. The van der Waals surface area contributed by atoms with E-state index in [0.717, 1.165) is 12.0 Å². The second kappa shape index (κ2) is 5.50. The van der Waals surface area contributed by atoms with Gasteiger partial charge < -0.3 is 5.73 Å². The molecule has 106 valence electrons. The smallest absolute Gasteiger partial charge is 0.00966 e. The first kappa shape index (κ1) is 14.3. The third-order valence-corrected chi connectivity index (χ3v) is 4.71. The zero-order valence-electron chi connectivity index (χ0n) is 12.8. The molecule has 0 aromatic rings. The van der Waals surface area contributed by atoms with E-state index in [0.29, 0.717) is 17.4 Å². The van der Waals surface area contributed by atoms with E-state index in [1.54, 1.807) is 0 Å². The maximum Gasteiger partial charge on any atom is 0.00966 e. The summed E-state index contributed by atoms with van der Waals surface area (Å²) in [7, 11) is 0. The molecule has 2 unspecified atom stereocenters. The van der Waals surface area contributed by atoms with E-state index >= 15 is 0 Å². The van der Waals surface area contributed by atoms with Crippen LogP contribution < -0.4 is 5.73 Å². The van der Waals surface area contributed by atoms with Gasteiger partial charge in [-0.15, -0.1) is 0 Å². The molecule has 2 rings (SSSR count). The summed E-state index contributed by atoms with van der Waals surface area (Å²) in [6, 6.07) is 1.32. The van der Waals surface area contributed by atoms with Crippen LogP contribution >= 0.6 is 0 Å². The van der Waals surface area contributed by atoms with Crippen LogP contribution in [-0.4, -0.2) is 30.1 Å².